The van der Waals surface area contributed by atoms with E-state index in [-0.39, 0.29) is 6.61 Å². The van der Waals surface area contributed by atoms with Crippen LogP contribution in [0.25, 0.3) is 0 Å². The van der Waals surface area contributed by atoms with Gasteiger partial charge in [0, 0.05) is 19.1 Å². The summed E-state index contributed by atoms with van der Waals surface area (Å²) in [6, 6.07) is 0. The molecule has 0 saturated heterocycles. The lowest BCUT2D eigenvalue weighted by Crippen LogP contribution is -1.82. The Morgan fingerprint density at radius 1 is 0.944 bits per heavy atom. The monoisotopic (exact) mass is 280 g/mol. The number of alkyl halides is 1. The third kappa shape index (κ3) is 44.5. The second kappa shape index (κ2) is 30.2. The smallest absolute Gasteiger partial charge is 0.0431 e. The van der Waals surface area contributed by atoms with E-state index in [2.05, 4.69) is 26.0 Å². The molecule has 0 amide bonds. The predicted octanol–water partition coefficient (Wildman–Crippen LogP) is 4.53. The number of unbranched alkanes of at least 4 members (excludes halogenated alkanes) is 5. The molecule has 0 aromatic heterocycles. The molecule has 0 fully saturated rings. The molecule has 0 aromatic carbocycles. The molecular weight excluding hydrogens is 248 g/mol. The molecule has 0 heterocycles. The summed E-state index contributed by atoms with van der Waals surface area (Å²) in [6.07, 6.45) is 12.5. The Hall–Kier alpha value is -0.0500. The Morgan fingerprint density at radius 2 is 1.50 bits per heavy atom. The summed E-state index contributed by atoms with van der Waals surface area (Å²) < 4.78 is 0. The highest BCUT2D eigenvalue weighted by molar-refractivity contribution is 6.17. The molecule has 0 saturated carbocycles. The third-order valence-electron chi connectivity index (χ3n) is 2.00. The summed E-state index contributed by atoms with van der Waals surface area (Å²) in [5.74, 6) is 0.755. The van der Waals surface area contributed by atoms with Gasteiger partial charge in [-0.05, 0) is 33.1 Å². The quantitative estimate of drug-likeness (QED) is 0.390. The van der Waals surface area contributed by atoms with E-state index in [1.807, 2.05) is 0 Å². The van der Waals surface area contributed by atoms with Gasteiger partial charge in [0.05, 0.1) is 0 Å². The van der Waals surface area contributed by atoms with Gasteiger partial charge in [-0.3, -0.25) is 0 Å². The molecule has 0 radical (unpaired) electrons. The average Bonchev–Trinajstić information content (AvgIpc) is 2.37. The number of rotatable bonds is 8. The van der Waals surface area contributed by atoms with Crippen molar-refractivity contribution in [1.29, 1.82) is 0 Å². The van der Waals surface area contributed by atoms with Crippen molar-refractivity contribution in [2.45, 2.75) is 65.7 Å². The summed E-state index contributed by atoms with van der Waals surface area (Å²) in [5, 5.41) is 15.9. The van der Waals surface area contributed by atoms with Crippen LogP contribution >= 0.6 is 11.6 Å². The van der Waals surface area contributed by atoms with Crippen molar-refractivity contribution in [2.75, 3.05) is 19.1 Å². The molecule has 0 aliphatic carbocycles. The van der Waals surface area contributed by atoms with Crippen LogP contribution in [-0.2, 0) is 0 Å². The maximum Gasteiger partial charge on any atom is 0.0431 e. The minimum atomic E-state index is 0.250. The van der Waals surface area contributed by atoms with E-state index < -0.39 is 0 Å². The Balaban J connectivity index is -0.000000207. The summed E-state index contributed by atoms with van der Waals surface area (Å²) in [5.41, 5.74) is 0. The van der Waals surface area contributed by atoms with Crippen LogP contribution in [-0.4, -0.2) is 29.3 Å². The Labute approximate surface area is 119 Å². The number of aliphatic hydroxyl groups excluding tert-OH is 2. The van der Waals surface area contributed by atoms with E-state index in [0.29, 0.717) is 6.61 Å². The maximum atomic E-state index is 8.33. The van der Waals surface area contributed by atoms with E-state index >= 15 is 0 Å². The highest BCUT2D eigenvalue weighted by Crippen LogP contribution is 1.99. The van der Waals surface area contributed by atoms with Crippen LogP contribution in [0.3, 0.4) is 0 Å². The fourth-order valence-corrected chi connectivity index (χ4v) is 1.24. The summed E-state index contributed by atoms with van der Waals surface area (Å²) in [4.78, 5) is 0. The molecule has 18 heavy (non-hydrogen) atoms. The molecule has 0 atom stereocenters. The van der Waals surface area contributed by atoms with Gasteiger partial charge in [-0.2, -0.15) is 0 Å². The maximum absolute atomic E-state index is 8.33. The molecule has 0 rings (SSSR count). The highest BCUT2D eigenvalue weighted by Gasteiger charge is 1.84. The van der Waals surface area contributed by atoms with Crippen molar-refractivity contribution in [3.05, 3.63) is 12.2 Å². The lowest BCUT2D eigenvalue weighted by molar-refractivity contribution is 0.283. The normalized spacial score (nSPS) is 9.44. The topological polar surface area (TPSA) is 40.5 Å². The van der Waals surface area contributed by atoms with E-state index in [1.54, 1.807) is 6.92 Å². The van der Waals surface area contributed by atoms with Crippen molar-refractivity contribution >= 4 is 11.6 Å². The fourth-order valence-electron chi connectivity index (χ4n) is 1.05. The Bertz CT molecular complexity index is 122. The summed E-state index contributed by atoms with van der Waals surface area (Å²) >= 11 is 5.42. The van der Waals surface area contributed by atoms with Gasteiger partial charge < -0.3 is 10.2 Å². The molecule has 0 bridgehead atoms. The fraction of sp³-hybridized carbons (Fsp3) is 0.867. The lowest BCUT2D eigenvalue weighted by Gasteiger charge is -1.92. The number of hydrogen-bond donors (Lipinski definition) is 2. The van der Waals surface area contributed by atoms with E-state index in [0.717, 1.165) is 31.6 Å². The first-order chi connectivity index (χ1) is 8.74. The molecule has 0 aliphatic rings. The molecule has 112 valence electrons. The van der Waals surface area contributed by atoms with Crippen LogP contribution < -0.4 is 0 Å². The number of allylic oxidation sites excluding steroid dienone is 2. The van der Waals surface area contributed by atoms with Crippen LogP contribution in [0.5, 0.6) is 0 Å². The number of halogens is 1. The second-order valence-corrected chi connectivity index (χ2v) is 4.23. The van der Waals surface area contributed by atoms with Crippen molar-refractivity contribution in [3.8, 4) is 0 Å². The first kappa shape index (κ1) is 23.1. The van der Waals surface area contributed by atoms with E-state index in [9.17, 15) is 0 Å². The third-order valence-corrected chi connectivity index (χ3v) is 2.27. The minimum absolute atomic E-state index is 0.250. The largest absolute Gasteiger partial charge is 0.397 e. The van der Waals surface area contributed by atoms with Crippen molar-refractivity contribution in [2.24, 2.45) is 0 Å². The van der Waals surface area contributed by atoms with Gasteiger partial charge in [-0.15, -0.1) is 11.6 Å². The average molecular weight is 281 g/mol. The van der Waals surface area contributed by atoms with Gasteiger partial charge in [-0.1, -0.05) is 44.8 Å². The lowest BCUT2D eigenvalue weighted by atomic mass is 10.2. The zero-order valence-electron chi connectivity index (χ0n) is 12.5. The van der Waals surface area contributed by atoms with Gasteiger partial charge in [0.1, 0.15) is 0 Å². The SMILES string of the molecule is CC=CCCCC.CCO.OCCCCCCCl. The van der Waals surface area contributed by atoms with Crippen LogP contribution in [0.15, 0.2) is 12.2 Å². The van der Waals surface area contributed by atoms with E-state index in [1.165, 1.54) is 19.3 Å². The molecule has 0 spiro atoms. The van der Waals surface area contributed by atoms with Gasteiger partial charge in [0.15, 0.2) is 0 Å². The predicted molar refractivity (Wildman–Crippen MR) is 83.4 cm³/mol. The molecule has 3 heteroatoms. The Morgan fingerprint density at radius 3 is 1.89 bits per heavy atom. The first-order valence-electron chi connectivity index (χ1n) is 7.13. The minimum Gasteiger partial charge on any atom is -0.397 e. The molecule has 0 unspecified atom stereocenters. The molecule has 0 aliphatic heterocycles. The highest BCUT2D eigenvalue weighted by atomic mass is 35.5. The standard InChI is InChI=1S/C7H14.C6H13ClO.C2H6O/c1-3-5-7-6-4-2;7-5-3-1-2-4-6-8;1-2-3/h3,5H,4,6-7H2,1-2H3;8H,1-6H2;3H,2H2,1H3. The number of hydrogen-bond acceptors (Lipinski definition) is 2. The van der Waals surface area contributed by atoms with Crippen LogP contribution in [0.1, 0.15) is 65.7 Å². The zero-order valence-corrected chi connectivity index (χ0v) is 13.3. The van der Waals surface area contributed by atoms with Crippen molar-refractivity contribution in [1.82, 2.24) is 0 Å². The van der Waals surface area contributed by atoms with Gasteiger partial charge >= 0.3 is 0 Å². The Kier molecular flexibility index (Phi) is 38.7. The van der Waals surface area contributed by atoms with Gasteiger partial charge in [0.2, 0.25) is 0 Å². The second-order valence-electron chi connectivity index (χ2n) is 3.85. The zero-order chi connectivity index (χ0) is 14.5. The van der Waals surface area contributed by atoms with Crippen LogP contribution in [0, 0.1) is 0 Å². The van der Waals surface area contributed by atoms with Crippen LogP contribution in [0.2, 0.25) is 0 Å². The van der Waals surface area contributed by atoms with Crippen molar-refractivity contribution in [3.63, 3.8) is 0 Å². The molecule has 0 aromatic rings. The summed E-state index contributed by atoms with van der Waals surface area (Å²) in [6.45, 7) is 6.53. The van der Waals surface area contributed by atoms with Crippen molar-refractivity contribution < 1.29 is 10.2 Å². The first-order valence-corrected chi connectivity index (χ1v) is 7.67. The summed E-state index contributed by atoms with van der Waals surface area (Å²) in [7, 11) is 0. The van der Waals surface area contributed by atoms with Gasteiger partial charge in [0.25, 0.3) is 0 Å². The van der Waals surface area contributed by atoms with Crippen LogP contribution in [0.4, 0.5) is 0 Å². The molecule has 2 N–H and O–H groups in total. The molecule has 2 nitrogen and oxygen atoms in total. The van der Waals surface area contributed by atoms with Gasteiger partial charge in [-0.25, -0.2) is 0 Å². The number of aliphatic hydroxyl groups is 2. The molecular formula is C15H33ClO2. The van der Waals surface area contributed by atoms with E-state index in [4.69, 9.17) is 21.8 Å².